The maximum absolute atomic E-state index is 4.71. The highest BCUT2D eigenvalue weighted by Gasteiger charge is 2.13. The van der Waals surface area contributed by atoms with Gasteiger partial charge in [-0.3, -0.25) is 0 Å². The van der Waals surface area contributed by atoms with Gasteiger partial charge in [0.1, 0.15) is 0 Å². The molecule has 1 unspecified atom stereocenters. The lowest BCUT2D eigenvalue weighted by atomic mass is 9.96. The zero-order chi connectivity index (χ0) is 12.3. The fourth-order valence-electron chi connectivity index (χ4n) is 2.12. The van der Waals surface area contributed by atoms with E-state index in [1.54, 1.807) is 0 Å². The number of hydrogen-bond acceptors (Lipinski definition) is 2. The second-order valence-corrected chi connectivity index (χ2v) is 6.69. The van der Waals surface area contributed by atoms with Gasteiger partial charge in [-0.2, -0.15) is 0 Å². The van der Waals surface area contributed by atoms with Gasteiger partial charge in [0.2, 0.25) is 0 Å². The first-order chi connectivity index (χ1) is 8.19. The molecule has 0 saturated heterocycles. The minimum Gasteiger partial charge on any atom is -0.241 e. The Kier molecular flexibility index (Phi) is 4.57. The van der Waals surface area contributed by atoms with E-state index in [4.69, 9.17) is 4.98 Å². The number of fused-ring (bicyclic) bond motifs is 1. The van der Waals surface area contributed by atoms with Crippen molar-refractivity contribution >= 4 is 37.5 Å². The highest BCUT2D eigenvalue weighted by molar-refractivity contribution is 9.09. The van der Waals surface area contributed by atoms with E-state index in [2.05, 4.69) is 54.0 Å². The van der Waals surface area contributed by atoms with Gasteiger partial charge in [-0.1, -0.05) is 41.9 Å². The molecule has 0 bridgehead atoms. The topological polar surface area (TPSA) is 12.9 Å². The van der Waals surface area contributed by atoms with Crippen LogP contribution >= 0.6 is 27.3 Å². The average Bonchev–Trinajstić information content (AvgIpc) is 2.69. The summed E-state index contributed by atoms with van der Waals surface area (Å²) in [5.74, 6) is 1.46. The maximum atomic E-state index is 4.71. The lowest BCUT2D eigenvalue weighted by Gasteiger charge is -2.14. The van der Waals surface area contributed by atoms with Gasteiger partial charge in [0, 0.05) is 11.8 Å². The van der Waals surface area contributed by atoms with Crippen molar-refractivity contribution in [3.8, 4) is 0 Å². The van der Waals surface area contributed by atoms with Crippen molar-refractivity contribution < 1.29 is 0 Å². The molecule has 0 aliphatic carbocycles. The predicted molar refractivity (Wildman–Crippen MR) is 80.1 cm³/mol. The number of benzene rings is 1. The Morgan fingerprint density at radius 2 is 2.06 bits per heavy atom. The number of hydrogen-bond donors (Lipinski definition) is 0. The molecule has 0 fully saturated rings. The van der Waals surface area contributed by atoms with Crippen LogP contribution in [0.25, 0.3) is 10.2 Å². The Labute approximate surface area is 115 Å². The fourth-order valence-corrected chi connectivity index (χ4v) is 3.70. The van der Waals surface area contributed by atoms with Crippen LogP contribution in [-0.4, -0.2) is 10.3 Å². The van der Waals surface area contributed by atoms with E-state index in [0.717, 1.165) is 23.2 Å². The highest BCUT2D eigenvalue weighted by atomic mass is 79.9. The maximum Gasteiger partial charge on any atom is 0.0941 e. The summed E-state index contributed by atoms with van der Waals surface area (Å²) >= 11 is 5.46. The minimum atomic E-state index is 0.704. The summed E-state index contributed by atoms with van der Waals surface area (Å²) in [6, 6.07) is 8.39. The number of thiazole rings is 1. The van der Waals surface area contributed by atoms with Crippen molar-refractivity contribution in [3.63, 3.8) is 0 Å². The first-order valence-corrected chi connectivity index (χ1v) is 8.03. The van der Waals surface area contributed by atoms with Crippen LogP contribution in [0.15, 0.2) is 24.3 Å². The summed E-state index contributed by atoms with van der Waals surface area (Å²) in [6.45, 7) is 4.57. The zero-order valence-corrected chi connectivity index (χ0v) is 12.7. The lowest BCUT2D eigenvalue weighted by molar-refractivity contribution is 0.445. The number of nitrogens with zero attached hydrogens (tertiary/aromatic N) is 1. The molecule has 0 aliphatic rings. The van der Waals surface area contributed by atoms with E-state index in [0.29, 0.717) is 5.92 Å². The van der Waals surface area contributed by atoms with Crippen molar-refractivity contribution in [2.75, 3.05) is 5.33 Å². The Morgan fingerprint density at radius 3 is 2.71 bits per heavy atom. The fraction of sp³-hybridized carbons (Fsp3) is 0.500. The summed E-state index contributed by atoms with van der Waals surface area (Å²) in [6.07, 6.45) is 2.37. The van der Waals surface area contributed by atoms with E-state index < -0.39 is 0 Å². The molecule has 0 amide bonds. The van der Waals surface area contributed by atoms with Gasteiger partial charge < -0.3 is 0 Å². The van der Waals surface area contributed by atoms with Crippen LogP contribution < -0.4 is 0 Å². The van der Waals surface area contributed by atoms with Crippen molar-refractivity contribution in [2.24, 2.45) is 11.8 Å². The second kappa shape index (κ2) is 5.96. The molecule has 17 heavy (non-hydrogen) atoms. The third-order valence-electron chi connectivity index (χ3n) is 2.82. The molecule has 1 aromatic heterocycles. The molecule has 1 heterocycles. The molecular weight excluding hydrogens is 294 g/mol. The van der Waals surface area contributed by atoms with Crippen LogP contribution in [0, 0.1) is 11.8 Å². The van der Waals surface area contributed by atoms with Crippen LogP contribution in [-0.2, 0) is 6.42 Å². The normalized spacial score (nSPS) is 13.4. The Morgan fingerprint density at radius 1 is 1.29 bits per heavy atom. The van der Waals surface area contributed by atoms with Crippen LogP contribution in [0.4, 0.5) is 0 Å². The smallest absolute Gasteiger partial charge is 0.0941 e. The molecule has 2 rings (SSSR count). The van der Waals surface area contributed by atoms with Crippen LogP contribution in [0.5, 0.6) is 0 Å². The largest absolute Gasteiger partial charge is 0.241 e. The van der Waals surface area contributed by atoms with Gasteiger partial charge in [0.25, 0.3) is 0 Å². The SMILES string of the molecule is CC(C)CC(CBr)Cc1nc2ccccc2s1. The number of alkyl halides is 1. The third kappa shape index (κ3) is 3.52. The Bertz CT molecular complexity index is 445. The molecule has 0 saturated carbocycles. The quantitative estimate of drug-likeness (QED) is 0.716. The first kappa shape index (κ1) is 13.0. The molecule has 0 radical (unpaired) electrons. The van der Waals surface area contributed by atoms with E-state index in [1.807, 2.05) is 11.3 Å². The van der Waals surface area contributed by atoms with Gasteiger partial charge in [0.05, 0.1) is 15.2 Å². The monoisotopic (exact) mass is 311 g/mol. The van der Waals surface area contributed by atoms with Crippen molar-refractivity contribution in [1.82, 2.24) is 4.98 Å². The van der Waals surface area contributed by atoms with E-state index in [9.17, 15) is 0 Å². The van der Waals surface area contributed by atoms with Gasteiger partial charge in [0.15, 0.2) is 0 Å². The third-order valence-corrected chi connectivity index (χ3v) is 4.80. The molecule has 1 nitrogen and oxygen atoms in total. The number of aromatic nitrogens is 1. The lowest BCUT2D eigenvalue weighted by Crippen LogP contribution is -2.09. The molecule has 1 atom stereocenters. The van der Waals surface area contributed by atoms with Crippen LogP contribution in [0.2, 0.25) is 0 Å². The molecule has 3 heteroatoms. The summed E-state index contributed by atoms with van der Waals surface area (Å²) in [4.78, 5) is 4.71. The minimum absolute atomic E-state index is 0.704. The van der Waals surface area contributed by atoms with Crippen molar-refractivity contribution in [2.45, 2.75) is 26.7 Å². The van der Waals surface area contributed by atoms with Crippen LogP contribution in [0.3, 0.4) is 0 Å². The number of halogens is 1. The molecule has 0 N–H and O–H groups in total. The Balaban J connectivity index is 2.11. The Hall–Kier alpha value is -0.410. The predicted octanol–water partition coefficient (Wildman–Crippen LogP) is 4.90. The summed E-state index contributed by atoms with van der Waals surface area (Å²) in [7, 11) is 0. The molecular formula is C14H18BrNS. The highest BCUT2D eigenvalue weighted by Crippen LogP contribution is 2.26. The molecule has 2 aromatic rings. The van der Waals surface area contributed by atoms with Gasteiger partial charge >= 0.3 is 0 Å². The van der Waals surface area contributed by atoms with Gasteiger partial charge in [-0.05, 0) is 30.4 Å². The summed E-state index contributed by atoms with van der Waals surface area (Å²) < 4.78 is 1.31. The summed E-state index contributed by atoms with van der Waals surface area (Å²) in [5, 5.41) is 2.34. The van der Waals surface area contributed by atoms with E-state index in [-0.39, 0.29) is 0 Å². The van der Waals surface area contributed by atoms with E-state index >= 15 is 0 Å². The summed E-state index contributed by atoms with van der Waals surface area (Å²) in [5.41, 5.74) is 1.14. The van der Waals surface area contributed by atoms with Gasteiger partial charge in [-0.15, -0.1) is 11.3 Å². The molecule has 0 aliphatic heterocycles. The zero-order valence-electron chi connectivity index (χ0n) is 10.3. The standard InChI is InChI=1S/C14H18BrNS/c1-10(2)7-11(9-15)8-14-16-12-5-3-4-6-13(12)17-14/h3-6,10-11H,7-9H2,1-2H3. The van der Waals surface area contributed by atoms with Crippen LogP contribution in [0.1, 0.15) is 25.3 Å². The second-order valence-electron chi connectivity index (χ2n) is 4.93. The average molecular weight is 312 g/mol. The molecule has 92 valence electrons. The van der Waals surface area contributed by atoms with Crippen molar-refractivity contribution in [3.05, 3.63) is 29.3 Å². The van der Waals surface area contributed by atoms with Crippen molar-refractivity contribution in [1.29, 1.82) is 0 Å². The molecule has 0 spiro atoms. The molecule has 1 aromatic carbocycles. The first-order valence-electron chi connectivity index (χ1n) is 6.09. The number of rotatable bonds is 5. The van der Waals surface area contributed by atoms with E-state index in [1.165, 1.54) is 16.1 Å². The number of para-hydroxylation sites is 1. The van der Waals surface area contributed by atoms with Gasteiger partial charge in [-0.25, -0.2) is 4.98 Å².